The van der Waals surface area contributed by atoms with Gasteiger partial charge in [-0.05, 0) is 31.2 Å². The Kier molecular flexibility index (Phi) is 5.47. The van der Waals surface area contributed by atoms with Gasteiger partial charge in [0, 0.05) is 22.7 Å². The first-order valence-electron chi connectivity index (χ1n) is 7.49. The fraction of sp³-hybridized carbons (Fsp3) is 0.0588. The SMILES string of the molecule is Cc1csc(Sc2ccc(C(=O)Nc3c(F)cccc3F)cc2[N+](=O)[O-])n1. The summed E-state index contributed by atoms with van der Waals surface area (Å²) in [7, 11) is 0. The second-order valence-corrected chi connectivity index (χ2v) is 7.49. The first kappa shape index (κ1) is 18.9. The van der Waals surface area contributed by atoms with E-state index in [1.807, 2.05) is 12.3 Å². The number of nitro benzene ring substituents is 1. The number of hydrogen-bond donors (Lipinski definition) is 1. The molecule has 0 atom stereocenters. The summed E-state index contributed by atoms with van der Waals surface area (Å²) in [5.41, 5.74) is -0.200. The lowest BCUT2D eigenvalue weighted by atomic mass is 10.2. The Morgan fingerprint density at radius 2 is 1.96 bits per heavy atom. The van der Waals surface area contributed by atoms with Gasteiger partial charge in [0.2, 0.25) is 0 Å². The standard InChI is InChI=1S/C17H11F2N3O3S2/c1-9-8-26-17(20-9)27-14-6-5-10(7-13(14)22(24)25)16(23)21-15-11(18)3-2-4-12(15)19/h2-8H,1H3,(H,21,23). The fourth-order valence-electron chi connectivity index (χ4n) is 2.16. The molecule has 0 saturated carbocycles. The molecule has 6 nitrogen and oxygen atoms in total. The third-order valence-corrected chi connectivity index (χ3v) is 5.54. The van der Waals surface area contributed by atoms with Crippen LogP contribution in [0, 0.1) is 28.7 Å². The third-order valence-electron chi connectivity index (χ3n) is 3.41. The molecule has 3 rings (SSSR count). The van der Waals surface area contributed by atoms with Gasteiger partial charge < -0.3 is 5.32 Å². The van der Waals surface area contributed by atoms with Crippen molar-refractivity contribution in [2.45, 2.75) is 16.2 Å². The Morgan fingerprint density at radius 1 is 1.26 bits per heavy atom. The summed E-state index contributed by atoms with van der Waals surface area (Å²) in [6.45, 7) is 1.81. The van der Waals surface area contributed by atoms with Crippen molar-refractivity contribution in [3.8, 4) is 0 Å². The van der Waals surface area contributed by atoms with Crippen LogP contribution in [0.3, 0.4) is 0 Å². The summed E-state index contributed by atoms with van der Waals surface area (Å²) in [4.78, 5) is 27.6. The minimum atomic E-state index is -0.941. The van der Waals surface area contributed by atoms with E-state index in [0.717, 1.165) is 41.7 Å². The molecule has 0 aliphatic rings. The van der Waals surface area contributed by atoms with Gasteiger partial charge in [-0.1, -0.05) is 17.8 Å². The predicted molar refractivity (Wildman–Crippen MR) is 98.4 cm³/mol. The third kappa shape index (κ3) is 4.29. The number of halogens is 2. The van der Waals surface area contributed by atoms with Crippen LogP contribution < -0.4 is 5.32 Å². The molecule has 0 saturated heterocycles. The van der Waals surface area contributed by atoms with Crippen molar-refractivity contribution >= 4 is 40.4 Å². The molecule has 0 aliphatic heterocycles. The van der Waals surface area contributed by atoms with Crippen LogP contribution in [0.1, 0.15) is 16.1 Å². The van der Waals surface area contributed by atoms with Crippen LogP contribution in [0.4, 0.5) is 20.2 Å². The Bertz CT molecular complexity index is 1020. The average Bonchev–Trinajstić information content (AvgIpc) is 3.03. The number of anilines is 1. The summed E-state index contributed by atoms with van der Waals surface area (Å²) < 4.78 is 28.0. The maximum absolute atomic E-state index is 13.7. The van der Waals surface area contributed by atoms with Crippen molar-refractivity contribution in [2.75, 3.05) is 5.32 Å². The molecular formula is C17H11F2N3O3S2. The largest absolute Gasteiger partial charge is 0.317 e. The lowest BCUT2D eigenvalue weighted by Crippen LogP contribution is -2.14. The maximum atomic E-state index is 13.7. The quantitative estimate of drug-likeness (QED) is 0.473. The first-order chi connectivity index (χ1) is 12.8. The number of thiazole rings is 1. The number of para-hydroxylation sites is 1. The fourth-order valence-corrected chi connectivity index (χ4v) is 4.04. The van der Waals surface area contributed by atoms with Crippen molar-refractivity contribution in [3.63, 3.8) is 0 Å². The number of nitrogens with zero attached hydrogens (tertiary/aromatic N) is 2. The van der Waals surface area contributed by atoms with Crippen molar-refractivity contribution < 1.29 is 18.5 Å². The van der Waals surface area contributed by atoms with E-state index in [9.17, 15) is 23.7 Å². The molecule has 1 amide bonds. The minimum absolute atomic E-state index is 0.0935. The molecule has 0 spiro atoms. The van der Waals surface area contributed by atoms with Crippen LogP contribution in [-0.4, -0.2) is 15.8 Å². The first-order valence-corrected chi connectivity index (χ1v) is 9.18. The van der Waals surface area contributed by atoms with Crippen LogP contribution in [0.25, 0.3) is 0 Å². The Hall–Kier alpha value is -2.85. The number of rotatable bonds is 5. The van der Waals surface area contributed by atoms with E-state index in [1.54, 1.807) is 0 Å². The summed E-state index contributed by atoms with van der Waals surface area (Å²) in [6, 6.07) is 6.98. The highest BCUT2D eigenvalue weighted by Gasteiger charge is 2.21. The van der Waals surface area contributed by atoms with E-state index >= 15 is 0 Å². The zero-order valence-electron chi connectivity index (χ0n) is 13.7. The van der Waals surface area contributed by atoms with Crippen LogP contribution in [0.2, 0.25) is 0 Å². The van der Waals surface area contributed by atoms with E-state index < -0.39 is 28.2 Å². The van der Waals surface area contributed by atoms with Crippen LogP contribution in [-0.2, 0) is 0 Å². The van der Waals surface area contributed by atoms with Gasteiger partial charge in [-0.25, -0.2) is 13.8 Å². The lowest BCUT2D eigenvalue weighted by molar-refractivity contribution is -0.387. The van der Waals surface area contributed by atoms with Crippen molar-refractivity contribution in [2.24, 2.45) is 0 Å². The smallest absolute Gasteiger partial charge is 0.284 e. The average molecular weight is 407 g/mol. The van der Waals surface area contributed by atoms with Crippen molar-refractivity contribution in [1.29, 1.82) is 0 Å². The van der Waals surface area contributed by atoms with Gasteiger partial charge in [-0.2, -0.15) is 0 Å². The van der Waals surface area contributed by atoms with Crippen LogP contribution >= 0.6 is 23.1 Å². The van der Waals surface area contributed by atoms with Crippen molar-refractivity contribution in [1.82, 2.24) is 4.98 Å². The molecule has 1 aromatic heterocycles. The number of nitrogens with one attached hydrogen (secondary N) is 1. The zero-order valence-corrected chi connectivity index (χ0v) is 15.4. The molecule has 0 radical (unpaired) electrons. The number of hydrogen-bond acceptors (Lipinski definition) is 6. The molecule has 0 bridgehead atoms. The number of carbonyl (C=O) groups is 1. The molecule has 1 heterocycles. The summed E-state index contributed by atoms with van der Waals surface area (Å²) in [5, 5.41) is 15.3. The van der Waals surface area contributed by atoms with E-state index in [-0.39, 0.29) is 11.3 Å². The lowest BCUT2D eigenvalue weighted by Gasteiger charge is -2.08. The molecule has 0 aliphatic carbocycles. The number of benzene rings is 2. The van der Waals surface area contributed by atoms with Crippen LogP contribution in [0.5, 0.6) is 0 Å². The molecule has 138 valence electrons. The Balaban J connectivity index is 1.89. The van der Waals surface area contributed by atoms with Gasteiger partial charge in [-0.3, -0.25) is 14.9 Å². The highest BCUT2D eigenvalue weighted by Crippen LogP contribution is 2.37. The second-order valence-electron chi connectivity index (χ2n) is 5.35. The van der Waals surface area contributed by atoms with Gasteiger partial charge in [0.1, 0.15) is 17.3 Å². The number of aryl methyl sites for hydroxylation is 1. The summed E-state index contributed by atoms with van der Waals surface area (Å²) in [5.74, 6) is -2.74. The predicted octanol–water partition coefficient (Wildman–Crippen LogP) is 5.04. The van der Waals surface area contributed by atoms with E-state index in [0.29, 0.717) is 9.24 Å². The highest BCUT2D eigenvalue weighted by molar-refractivity contribution is 8.01. The van der Waals surface area contributed by atoms with E-state index in [4.69, 9.17) is 0 Å². The number of nitro groups is 1. The molecule has 0 fully saturated rings. The molecule has 27 heavy (non-hydrogen) atoms. The molecule has 2 aromatic carbocycles. The molecular weight excluding hydrogens is 396 g/mol. The monoisotopic (exact) mass is 407 g/mol. The Morgan fingerprint density at radius 3 is 2.56 bits per heavy atom. The molecule has 0 unspecified atom stereocenters. The molecule has 10 heteroatoms. The normalized spacial score (nSPS) is 10.6. The van der Waals surface area contributed by atoms with E-state index in [1.165, 1.54) is 23.5 Å². The molecule has 3 aromatic rings. The number of aromatic nitrogens is 1. The van der Waals surface area contributed by atoms with Gasteiger partial charge in [0.15, 0.2) is 4.34 Å². The zero-order chi connectivity index (χ0) is 19.6. The molecule has 1 N–H and O–H groups in total. The van der Waals surface area contributed by atoms with Gasteiger partial charge in [0.05, 0.1) is 9.82 Å². The Labute approximate surface area is 160 Å². The summed E-state index contributed by atoms with van der Waals surface area (Å²) >= 11 is 2.45. The van der Waals surface area contributed by atoms with E-state index in [2.05, 4.69) is 10.3 Å². The van der Waals surface area contributed by atoms with Gasteiger partial charge >= 0.3 is 0 Å². The minimum Gasteiger partial charge on any atom is -0.317 e. The maximum Gasteiger partial charge on any atom is 0.284 e. The summed E-state index contributed by atoms with van der Waals surface area (Å²) in [6.07, 6.45) is 0. The second kappa shape index (κ2) is 7.80. The number of amides is 1. The number of carbonyl (C=O) groups excluding carboxylic acids is 1. The van der Waals surface area contributed by atoms with Gasteiger partial charge in [0.25, 0.3) is 11.6 Å². The van der Waals surface area contributed by atoms with Crippen molar-refractivity contribution in [3.05, 3.63) is 74.8 Å². The van der Waals surface area contributed by atoms with Crippen LogP contribution in [0.15, 0.2) is 51.0 Å². The topological polar surface area (TPSA) is 85.1 Å². The van der Waals surface area contributed by atoms with Gasteiger partial charge in [-0.15, -0.1) is 11.3 Å². The highest BCUT2D eigenvalue weighted by atomic mass is 32.2.